The largest absolute Gasteiger partial charge is 0.484 e. The lowest BCUT2D eigenvalue weighted by Gasteiger charge is -2.01. The number of pyridine rings is 1. The van der Waals surface area contributed by atoms with E-state index in [9.17, 15) is 0 Å². The minimum absolute atomic E-state index is 0.443. The molecule has 66 valence electrons. The van der Waals surface area contributed by atoms with Gasteiger partial charge in [-0.25, -0.2) is 0 Å². The summed E-state index contributed by atoms with van der Waals surface area (Å²) in [7, 11) is 0. The third-order valence-electron chi connectivity index (χ3n) is 1.60. The molecule has 2 aromatic heterocycles. The molecule has 0 amide bonds. The summed E-state index contributed by atoms with van der Waals surface area (Å²) in [6, 6.07) is 7.39. The molecule has 0 fully saturated rings. The summed E-state index contributed by atoms with van der Waals surface area (Å²) in [4.78, 5) is 3.93. The number of furan rings is 1. The van der Waals surface area contributed by atoms with Crippen LogP contribution in [0.25, 0.3) is 0 Å². The molecular formula is C10H9NO2. The lowest BCUT2D eigenvalue weighted by molar-refractivity contribution is 0.269. The van der Waals surface area contributed by atoms with Crippen LogP contribution < -0.4 is 4.74 Å². The zero-order valence-corrected chi connectivity index (χ0v) is 7.01. The average Bonchev–Trinajstić information content (AvgIpc) is 2.69. The van der Waals surface area contributed by atoms with Crippen molar-refractivity contribution in [3.8, 4) is 5.75 Å². The molecule has 0 aliphatic carbocycles. The third-order valence-corrected chi connectivity index (χ3v) is 1.60. The highest BCUT2D eigenvalue weighted by molar-refractivity contribution is 5.15. The first kappa shape index (κ1) is 7.86. The Labute approximate surface area is 76.0 Å². The van der Waals surface area contributed by atoms with Crippen LogP contribution in [0.3, 0.4) is 0 Å². The number of hydrogen-bond donors (Lipinski definition) is 0. The van der Waals surface area contributed by atoms with E-state index in [1.807, 2.05) is 24.3 Å². The number of aromatic nitrogens is 1. The summed E-state index contributed by atoms with van der Waals surface area (Å²) in [6.07, 6.45) is 5.00. The highest BCUT2D eigenvalue weighted by Gasteiger charge is 1.96. The predicted molar refractivity (Wildman–Crippen MR) is 47.3 cm³/mol. The zero-order valence-electron chi connectivity index (χ0n) is 7.01. The third kappa shape index (κ3) is 2.08. The molecule has 0 aliphatic heterocycles. The highest BCUT2D eigenvalue weighted by atomic mass is 16.5. The number of hydrogen-bond acceptors (Lipinski definition) is 3. The normalized spacial score (nSPS) is 9.85. The van der Waals surface area contributed by atoms with Gasteiger partial charge in [-0.2, -0.15) is 0 Å². The molecule has 2 rings (SSSR count). The van der Waals surface area contributed by atoms with E-state index in [4.69, 9.17) is 9.15 Å². The molecule has 2 heterocycles. The first-order chi connectivity index (χ1) is 6.45. The van der Waals surface area contributed by atoms with Gasteiger partial charge >= 0.3 is 0 Å². The quantitative estimate of drug-likeness (QED) is 0.717. The maximum atomic E-state index is 5.39. The van der Waals surface area contributed by atoms with Crippen molar-refractivity contribution in [1.82, 2.24) is 4.98 Å². The van der Waals surface area contributed by atoms with Crippen molar-refractivity contribution in [1.29, 1.82) is 0 Å². The van der Waals surface area contributed by atoms with Gasteiger partial charge in [-0.15, -0.1) is 0 Å². The fraction of sp³-hybridized carbons (Fsp3) is 0.100. The van der Waals surface area contributed by atoms with Crippen LogP contribution in [0.1, 0.15) is 5.76 Å². The topological polar surface area (TPSA) is 35.3 Å². The van der Waals surface area contributed by atoms with Crippen molar-refractivity contribution >= 4 is 0 Å². The Morgan fingerprint density at radius 2 is 2.31 bits per heavy atom. The van der Waals surface area contributed by atoms with Gasteiger partial charge in [-0.1, -0.05) is 0 Å². The van der Waals surface area contributed by atoms with Gasteiger partial charge in [0.25, 0.3) is 0 Å². The Hall–Kier alpha value is -1.77. The molecule has 0 bridgehead atoms. The average molecular weight is 175 g/mol. The standard InChI is InChI=1S/C10H9NO2/c1-3-9(7-11-5-1)13-8-10-4-2-6-12-10/h1-7H,8H2. The van der Waals surface area contributed by atoms with Crippen LogP contribution in [0.4, 0.5) is 0 Å². The maximum absolute atomic E-state index is 5.39. The summed E-state index contributed by atoms with van der Waals surface area (Å²) in [5.74, 6) is 1.56. The van der Waals surface area contributed by atoms with E-state index >= 15 is 0 Å². The van der Waals surface area contributed by atoms with Crippen molar-refractivity contribution in [3.63, 3.8) is 0 Å². The van der Waals surface area contributed by atoms with Crippen LogP contribution in [-0.4, -0.2) is 4.98 Å². The number of ether oxygens (including phenoxy) is 1. The molecule has 0 saturated heterocycles. The van der Waals surface area contributed by atoms with E-state index in [-0.39, 0.29) is 0 Å². The Balaban J connectivity index is 1.94. The van der Waals surface area contributed by atoms with Gasteiger partial charge in [0.1, 0.15) is 18.1 Å². The van der Waals surface area contributed by atoms with Crippen molar-refractivity contribution in [2.24, 2.45) is 0 Å². The van der Waals surface area contributed by atoms with E-state index < -0.39 is 0 Å². The van der Waals surface area contributed by atoms with Gasteiger partial charge in [-0.05, 0) is 24.3 Å². The Bertz CT molecular complexity index is 342. The minimum Gasteiger partial charge on any atom is -0.484 e. The smallest absolute Gasteiger partial charge is 0.146 e. The molecule has 0 aliphatic rings. The van der Waals surface area contributed by atoms with E-state index in [1.54, 1.807) is 18.7 Å². The van der Waals surface area contributed by atoms with Crippen LogP contribution in [0, 0.1) is 0 Å². The van der Waals surface area contributed by atoms with Gasteiger partial charge in [-0.3, -0.25) is 4.98 Å². The predicted octanol–water partition coefficient (Wildman–Crippen LogP) is 2.25. The van der Waals surface area contributed by atoms with Crippen molar-refractivity contribution in [2.45, 2.75) is 6.61 Å². The van der Waals surface area contributed by atoms with E-state index in [0.717, 1.165) is 11.5 Å². The molecule has 0 saturated carbocycles. The van der Waals surface area contributed by atoms with Gasteiger partial charge in [0, 0.05) is 6.20 Å². The first-order valence-corrected chi connectivity index (χ1v) is 4.00. The van der Waals surface area contributed by atoms with Gasteiger partial charge in [0.2, 0.25) is 0 Å². The van der Waals surface area contributed by atoms with Crippen molar-refractivity contribution < 1.29 is 9.15 Å². The molecule has 0 atom stereocenters. The summed E-state index contributed by atoms with van der Waals surface area (Å²) in [5.41, 5.74) is 0. The first-order valence-electron chi connectivity index (χ1n) is 4.00. The minimum atomic E-state index is 0.443. The Kier molecular flexibility index (Phi) is 2.27. The van der Waals surface area contributed by atoms with E-state index in [2.05, 4.69) is 4.98 Å². The zero-order chi connectivity index (χ0) is 8.93. The molecule has 3 nitrogen and oxygen atoms in total. The molecule has 0 unspecified atom stereocenters. The van der Waals surface area contributed by atoms with Crippen LogP contribution in [-0.2, 0) is 6.61 Å². The fourth-order valence-electron chi connectivity index (χ4n) is 0.982. The molecule has 0 N–H and O–H groups in total. The van der Waals surface area contributed by atoms with E-state index in [1.165, 1.54) is 0 Å². The summed E-state index contributed by atoms with van der Waals surface area (Å²) >= 11 is 0. The van der Waals surface area contributed by atoms with Gasteiger partial charge in [0.05, 0.1) is 12.5 Å². The monoisotopic (exact) mass is 175 g/mol. The molecule has 0 spiro atoms. The Morgan fingerprint density at radius 3 is 3.00 bits per heavy atom. The maximum Gasteiger partial charge on any atom is 0.146 e. The van der Waals surface area contributed by atoms with Crippen LogP contribution in [0.5, 0.6) is 5.75 Å². The highest BCUT2D eigenvalue weighted by Crippen LogP contribution is 2.09. The van der Waals surface area contributed by atoms with Crippen LogP contribution in [0.15, 0.2) is 47.3 Å². The molecule has 0 aromatic carbocycles. The fourth-order valence-corrected chi connectivity index (χ4v) is 0.982. The Morgan fingerprint density at radius 1 is 1.31 bits per heavy atom. The summed E-state index contributed by atoms with van der Waals surface area (Å²) in [6.45, 7) is 0.443. The number of nitrogens with zero attached hydrogens (tertiary/aromatic N) is 1. The number of rotatable bonds is 3. The van der Waals surface area contributed by atoms with E-state index in [0.29, 0.717) is 6.61 Å². The van der Waals surface area contributed by atoms with Gasteiger partial charge in [0.15, 0.2) is 0 Å². The second-order valence-electron chi connectivity index (χ2n) is 2.56. The molecule has 0 radical (unpaired) electrons. The summed E-state index contributed by atoms with van der Waals surface area (Å²) < 4.78 is 10.5. The second kappa shape index (κ2) is 3.76. The summed E-state index contributed by atoms with van der Waals surface area (Å²) in [5, 5.41) is 0. The SMILES string of the molecule is c1cncc(OCc2ccco2)c1. The van der Waals surface area contributed by atoms with Crippen LogP contribution >= 0.6 is 0 Å². The van der Waals surface area contributed by atoms with Gasteiger partial charge < -0.3 is 9.15 Å². The van der Waals surface area contributed by atoms with Crippen molar-refractivity contribution in [2.75, 3.05) is 0 Å². The molecular weight excluding hydrogens is 166 g/mol. The van der Waals surface area contributed by atoms with Crippen LogP contribution in [0.2, 0.25) is 0 Å². The molecule has 13 heavy (non-hydrogen) atoms. The molecule has 2 aromatic rings. The van der Waals surface area contributed by atoms with Crippen molar-refractivity contribution in [3.05, 3.63) is 48.7 Å². The lowest BCUT2D eigenvalue weighted by Crippen LogP contribution is -1.93. The molecule has 3 heteroatoms. The lowest BCUT2D eigenvalue weighted by atomic mass is 10.4. The second-order valence-corrected chi connectivity index (χ2v) is 2.56.